The highest BCUT2D eigenvalue weighted by Crippen LogP contribution is 2.76. The van der Waals surface area contributed by atoms with Crippen LogP contribution >= 0.6 is 0 Å². The van der Waals surface area contributed by atoms with Crippen molar-refractivity contribution in [3.05, 3.63) is 23.8 Å². The summed E-state index contributed by atoms with van der Waals surface area (Å²) in [6, 6.07) is 0. The Morgan fingerprint density at radius 3 is 1.98 bits per heavy atom. The van der Waals surface area contributed by atoms with Gasteiger partial charge >= 0.3 is 5.97 Å². The summed E-state index contributed by atoms with van der Waals surface area (Å²) in [5.41, 5.74) is 0.179. The number of aliphatic hydroxyl groups excluding tert-OH is 10. The average Bonchev–Trinajstić information content (AvgIpc) is 3.25. The van der Waals surface area contributed by atoms with E-state index in [0.29, 0.717) is 25.7 Å². The number of rotatable bonds is 8. The molecule has 0 amide bonds. The second kappa shape index (κ2) is 17.4. The zero-order valence-electron chi connectivity index (χ0n) is 38.1. The van der Waals surface area contributed by atoms with Gasteiger partial charge in [0, 0.05) is 5.92 Å². The van der Waals surface area contributed by atoms with E-state index in [9.17, 15) is 55.9 Å². The second-order valence-corrected chi connectivity index (χ2v) is 22.0. The van der Waals surface area contributed by atoms with Gasteiger partial charge in [0.05, 0.1) is 31.3 Å². The first-order valence-electron chi connectivity index (χ1n) is 23.5. The zero-order valence-corrected chi connectivity index (χ0v) is 38.1. The Hall–Kier alpha value is -1.65. The van der Waals surface area contributed by atoms with Gasteiger partial charge in [-0.15, -0.1) is 0 Å². The molecule has 0 bridgehead atoms. The molecule has 364 valence electrons. The van der Waals surface area contributed by atoms with Crippen molar-refractivity contribution in [3.8, 4) is 0 Å². The Bertz CT molecular complexity index is 1770. The Labute approximate surface area is 375 Å². The van der Waals surface area contributed by atoms with E-state index >= 15 is 0 Å². The van der Waals surface area contributed by atoms with E-state index in [0.717, 1.165) is 37.7 Å². The van der Waals surface area contributed by atoms with Crippen LogP contribution in [0, 0.1) is 50.7 Å². The summed E-state index contributed by atoms with van der Waals surface area (Å²) in [6.45, 7) is 16.9. The van der Waals surface area contributed by atoms with Gasteiger partial charge in [-0.3, -0.25) is 4.79 Å². The van der Waals surface area contributed by atoms with Crippen molar-refractivity contribution in [2.45, 2.75) is 191 Å². The van der Waals surface area contributed by atoms with Crippen molar-refractivity contribution in [2.75, 3.05) is 19.8 Å². The van der Waals surface area contributed by atoms with Gasteiger partial charge in [0.15, 0.2) is 12.6 Å². The zero-order chi connectivity index (χ0) is 46.6. The summed E-state index contributed by atoms with van der Waals surface area (Å²) in [5.74, 6) is -0.249. The van der Waals surface area contributed by atoms with E-state index in [4.69, 9.17) is 28.4 Å². The number of carbonyl (C=O) groups excluding carboxylic acids is 1. The summed E-state index contributed by atoms with van der Waals surface area (Å²) in [6.07, 6.45) is -12.4. The molecule has 3 aliphatic heterocycles. The Morgan fingerprint density at radius 1 is 0.719 bits per heavy atom. The Kier molecular flexibility index (Phi) is 13.3. The van der Waals surface area contributed by atoms with Crippen LogP contribution in [0.2, 0.25) is 0 Å². The third-order valence-electron chi connectivity index (χ3n) is 18.8. The molecule has 0 radical (unpaired) electrons. The maximum atomic E-state index is 14.7. The van der Waals surface area contributed by atoms with Crippen LogP contribution in [-0.2, 0) is 33.2 Å². The van der Waals surface area contributed by atoms with Crippen molar-refractivity contribution in [1.29, 1.82) is 0 Å². The predicted octanol–water partition coefficient (Wildman–Crippen LogP) is 0.556. The number of carbonyl (C=O) groups is 1. The van der Waals surface area contributed by atoms with Crippen LogP contribution in [0.5, 0.6) is 0 Å². The van der Waals surface area contributed by atoms with E-state index in [1.54, 1.807) is 0 Å². The molecule has 10 N–H and O–H groups in total. The third-order valence-corrected chi connectivity index (χ3v) is 18.8. The van der Waals surface area contributed by atoms with Crippen LogP contribution in [0.3, 0.4) is 0 Å². The molecule has 8 rings (SSSR count). The highest BCUT2D eigenvalue weighted by molar-refractivity contribution is 5.80. The number of ether oxygens (including phenoxy) is 6. The molecule has 3 saturated heterocycles. The van der Waals surface area contributed by atoms with Gasteiger partial charge in [0.2, 0.25) is 6.29 Å². The lowest BCUT2D eigenvalue weighted by Crippen LogP contribution is -2.66. The fraction of sp³-hybridized carbons (Fsp3) is 0.894. The van der Waals surface area contributed by atoms with Crippen LogP contribution in [0.1, 0.15) is 99.3 Å². The molecule has 0 spiro atoms. The molecule has 0 aromatic rings. The standard InChI is InChI=1S/C47H74O17/c1-21-10-15-47(42(58)64-40-37(57)35(55)33(53)26(19-49)61-40)17-16-45(6)23(30(47)22(21)2)8-9-28-44(5)13-12-29(43(3,4)27(44)11-14-46(28,45)7)62-41-38(31(51)24(50)20-59-41)63-39-36(56)34(54)32(52)25(18-48)60-39/h8,21,24-41,48-57H,2,9-20H2,1,3-7H3/t21-,24+,25-,26-,27+,28-,29+,30+,31+,32-,33-,34+,35+,36-,37-,38-,39+,40+,41+,44+,45-,46-,47+/m1/s1. The summed E-state index contributed by atoms with van der Waals surface area (Å²) < 4.78 is 36.0. The number of hydrogen-bond donors (Lipinski definition) is 10. The normalized spacial score (nSPS) is 53.8. The minimum Gasteiger partial charge on any atom is -0.432 e. The minimum absolute atomic E-state index is 0.135. The van der Waals surface area contributed by atoms with Crippen LogP contribution < -0.4 is 0 Å². The van der Waals surface area contributed by atoms with Gasteiger partial charge in [0.1, 0.15) is 67.1 Å². The predicted molar refractivity (Wildman–Crippen MR) is 224 cm³/mol. The molecule has 0 unspecified atom stereocenters. The van der Waals surface area contributed by atoms with E-state index in [1.807, 2.05) is 0 Å². The number of aliphatic hydroxyl groups is 10. The lowest BCUT2D eigenvalue weighted by atomic mass is 9.33. The first-order chi connectivity index (χ1) is 30.0. The third kappa shape index (κ3) is 7.33. The van der Waals surface area contributed by atoms with Crippen LogP contribution in [-0.4, -0.2) is 169 Å². The fourth-order valence-corrected chi connectivity index (χ4v) is 14.5. The second-order valence-electron chi connectivity index (χ2n) is 22.0. The van der Waals surface area contributed by atoms with Gasteiger partial charge in [-0.1, -0.05) is 65.3 Å². The summed E-state index contributed by atoms with van der Waals surface area (Å²) >= 11 is 0. The van der Waals surface area contributed by atoms with Gasteiger partial charge in [-0.2, -0.15) is 0 Å². The molecule has 0 aromatic heterocycles. The maximum Gasteiger partial charge on any atom is 0.315 e. The highest BCUT2D eigenvalue weighted by Gasteiger charge is 2.70. The molecule has 23 atom stereocenters. The molecular formula is C47H74O17. The summed E-state index contributed by atoms with van der Waals surface area (Å²) in [7, 11) is 0. The molecule has 3 heterocycles. The number of esters is 1. The minimum atomic E-state index is -1.73. The number of hydrogen-bond acceptors (Lipinski definition) is 17. The van der Waals surface area contributed by atoms with E-state index < -0.39 is 116 Å². The first-order valence-corrected chi connectivity index (χ1v) is 23.5. The van der Waals surface area contributed by atoms with Gasteiger partial charge < -0.3 is 79.5 Å². The molecule has 5 aliphatic carbocycles. The van der Waals surface area contributed by atoms with Crippen LogP contribution in [0.25, 0.3) is 0 Å². The van der Waals surface area contributed by atoms with Gasteiger partial charge in [-0.05, 0) is 97.2 Å². The van der Waals surface area contributed by atoms with Crippen molar-refractivity contribution >= 4 is 5.97 Å². The number of fused-ring (bicyclic) bond motifs is 7. The van der Waals surface area contributed by atoms with Gasteiger partial charge in [-0.25, -0.2) is 0 Å². The molecule has 17 nitrogen and oxygen atoms in total. The largest absolute Gasteiger partial charge is 0.432 e. The molecule has 7 fully saturated rings. The Balaban J connectivity index is 1.03. The van der Waals surface area contributed by atoms with Crippen LogP contribution in [0.4, 0.5) is 0 Å². The average molecular weight is 911 g/mol. The maximum absolute atomic E-state index is 14.7. The summed E-state index contributed by atoms with van der Waals surface area (Å²) in [4.78, 5) is 14.7. The first kappa shape index (κ1) is 48.8. The fourth-order valence-electron chi connectivity index (χ4n) is 14.5. The monoisotopic (exact) mass is 910 g/mol. The summed E-state index contributed by atoms with van der Waals surface area (Å²) in [5, 5.41) is 105. The van der Waals surface area contributed by atoms with Crippen molar-refractivity contribution in [1.82, 2.24) is 0 Å². The molecule has 17 heteroatoms. The molecule has 64 heavy (non-hydrogen) atoms. The van der Waals surface area contributed by atoms with E-state index in [2.05, 4.69) is 54.2 Å². The number of allylic oxidation sites excluding steroid dienone is 3. The molecule has 0 aromatic carbocycles. The van der Waals surface area contributed by atoms with E-state index in [1.165, 1.54) is 5.57 Å². The van der Waals surface area contributed by atoms with Crippen molar-refractivity contribution in [2.24, 2.45) is 50.7 Å². The van der Waals surface area contributed by atoms with Crippen molar-refractivity contribution < 1.29 is 84.3 Å². The molecule has 8 aliphatic rings. The SMILES string of the molecule is C=C1[C@H]2C3=CC[C@@H]4[C@@]5(C)CC[C@H](O[C@@H]6OC[C@H](O)[C@H](O)[C@H]6O[C@@H]6O[C@H](CO)[C@@H](O)[C@H](O)[C@H]6O)C(C)(C)[C@@H]5CC[C@@]4(C)[C@]3(C)CC[C@@]2(C(=O)O[C@@H]2O[C@H](CO)[C@@H](O)[C@H](O)[C@H]2O)CC[C@H]1C. The van der Waals surface area contributed by atoms with Gasteiger partial charge in [0.25, 0.3) is 0 Å². The molecule has 4 saturated carbocycles. The van der Waals surface area contributed by atoms with Crippen molar-refractivity contribution in [3.63, 3.8) is 0 Å². The lowest BCUT2D eigenvalue weighted by Gasteiger charge is -2.71. The lowest BCUT2D eigenvalue weighted by molar-refractivity contribution is -0.367. The smallest absolute Gasteiger partial charge is 0.315 e. The van der Waals surface area contributed by atoms with E-state index in [-0.39, 0.29) is 52.6 Å². The highest BCUT2D eigenvalue weighted by atomic mass is 16.8. The topological polar surface area (TPSA) is 275 Å². The van der Waals surface area contributed by atoms with Crippen LogP contribution in [0.15, 0.2) is 23.8 Å². The quantitative estimate of drug-likeness (QED) is 0.0905. The Morgan fingerprint density at radius 2 is 1.34 bits per heavy atom. The molecular weight excluding hydrogens is 836 g/mol.